The monoisotopic (exact) mass is 352 g/mol. The fourth-order valence-electron chi connectivity index (χ4n) is 2.76. The van der Waals surface area contributed by atoms with Gasteiger partial charge in [0.25, 0.3) is 11.2 Å². The van der Waals surface area contributed by atoms with Gasteiger partial charge in [-0.25, -0.2) is 0 Å². The number of hydrogen-bond donors (Lipinski definition) is 1. The molecule has 0 saturated heterocycles. The van der Waals surface area contributed by atoms with Gasteiger partial charge in [0.15, 0.2) is 11.5 Å². The number of non-ortho nitro benzene ring substituents is 1. The van der Waals surface area contributed by atoms with Crippen LogP contribution in [0.5, 0.6) is 11.5 Å². The van der Waals surface area contributed by atoms with E-state index in [9.17, 15) is 14.9 Å². The minimum atomic E-state index is -0.478. The summed E-state index contributed by atoms with van der Waals surface area (Å²) in [4.78, 5) is 25.5. The summed E-state index contributed by atoms with van der Waals surface area (Å²) in [7, 11) is 3.09. The summed E-state index contributed by atoms with van der Waals surface area (Å²) in [5, 5.41) is 10.8. The second kappa shape index (κ2) is 7.10. The van der Waals surface area contributed by atoms with Crippen molar-refractivity contribution in [2.24, 2.45) is 0 Å². The molecule has 0 spiro atoms. The lowest BCUT2D eigenvalue weighted by molar-refractivity contribution is -0.384. The van der Waals surface area contributed by atoms with E-state index in [0.717, 1.165) is 5.56 Å². The quantitative estimate of drug-likeness (QED) is 0.559. The van der Waals surface area contributed by atoms with E-state index in [1.165, 1.54) is 19.2 Å². The zero-order valence-electron chi connectivity index (χ0n) is 14.2. The van der Waals surface area contributed by atoms with Crippen molar-refractivity contribution >= 4 is 5.69 Å². The summed E-state index contributed by atoms with van der Waals surface area (Å²) in [5.74, 6) is 1.12. The van der Waals surface area contributed by atoms with E-state index < -0.39 is 4.92 Å². The third-order valence-electron chi connectivity index (χ3n) is 4.02. The van der Waals surface area contributed by atoms with Gasteiger partial charge in [-0.05, 0) is 47.0 Å². The van der Waals surface area contributed by atoms with Crippen molar-refractivity contribution in [3.05, 3.63) is 75.2 Å². The number of H-pyrrole nitrogens is 1. The maximum Gasteiger partial charge on any atom is 0.269 e. The molecule has 1 heterocycles. The molecule has 3 aromatic rings. The molecule has 7 nitrogen and oxygen atoms in total. The van der Waals surface area contributed by atoms with Gasteiger partial charge in [0.05, 0.1) is 24.7 Å². The Kier molecular flexibility index (Phi) is 4.70. The number of hydrogen-bond acceptors (Lipinski definition) is 5. The lowest BCUT2D eigenvalue weighted by Gasteiger charge is -2.12. The van der Waals surface area contributed by atoms with Gasteiger partial charge in [-0.2, -0.15) is 0 Å². The number of nitrogens with zero attached hydrogens (tertiary/aromatic N) is 1. The number of methoxy groups -OCH3 is 2. The van der Waals surface area contributed by atoms with E-state index in [1.807, 2.05) is 6.07 Å². The number of benzene rings is 2. The van der Waals surface area contributed by atoms with Gasteiger partial charge in [0, 0.05) is 18.3 Å². The molecule has 1 aromatic heterocycles. The van der Waals surface area contributed by atoms with Gasteiger partial charge >= 0.3 is 0 Å². The summed E-state index contributed by atoms with van der Waals surface area (Å²) in [6.07, 6.45) is 1.56. The van der Waals surface area contributed by atoms with Crippen LogP contribution in [0.15, 0.2) is 59.5 Å². The first-order valence-corrected chi connectivity index (χ1v) is 7.74. The highest BCUT2D eigenvalue weighted by Gasteiger charge is 2.15. The molecule has 26 heavy (non-hydrogen) atoms. The molecule has 0 unspecified atom stereocenters. The lowest BCUT2D eigenvalue weighted by Crippen LogP contribution is -2.09. The largest absolute Gasteiger partial charge is 0.493 e. The molecule has 7 heteroatoms. The minimum absolute atomic E-state index is 0.0335. The van der Waals surface area contributed by atoms with Crippen molar-refractivity contribution in [3.63, 3.8) is 0 Å². The van der Waals surface area contributed by atoms with Crippen LogP contribution in [0.3, 0.4) is 0 Å². The maximum absolute atomic E-state index is 12.5. The Balaban J connectivity index is 2.17. The first kappa shape index (κ1) is 17.2. The van der Waals surface area contributed by atoms with Crippen LogP contribution in [0, 0.1) is 10.1 Å². The van der Waals surface area contributed by atoms with Gasteiger partial charge in [0.1, 0.15) is 0 Å². The number of nitro benzene ring substituents is 1. The molecular formula is C19H16N2O5. The van der Waals surface area contributed by atoms with Crippen molar-refractivity contribution in [2.75, 3.05) is 14.2 Å². The lowest BCUT2D eigenvalue weighted by atomic mass is 9.96. The van der Waals surface area contributed by atoms with Crippen molar-refractivity contribution in [1.29, 1.82) is 0 Å². The summed E-state index contributed by atoms with van der Waals surface area (Å²) >= 11 is 0. The Morgan fingerprint density at radius 3 is 2.19 bits per heavy atom. The van der Waals surface area contributed by atoms with Crippen molar-refractivity contribution < 1.29 is 14.4 Å². The molecule has 1 N–H and O–H groups in total. The molecule has 0 atom stereocenters. The number of pyridine rings is 1. The van der Waals surface area contributed by atoms with Gasteiger partial charge in [-0.3, -0.25) is 14.9 Å². The second-order valence-electron chi connectivity index (χ2n) is 5.47. The van der Waals surface area contributed by atoms with E-state index in [-0.39, 0.29) is 11.2 Å². The molecule has 0 radical (unpaired) electrons. The molecule has 0 fully saturated rings. The SMILES string of the molecule is COc1ccc(-c2cc[nH]c(=O)c2-c2ccc([N+](=O)[O-])cc2)cc1OC. The zero-order valence-corrected chi connectivity index (χ0v) is 14.2. The summed E-state index contributed by atoms with van der Waals surface area (Å²) in [6.45, 7) is 0. The van der Waals surface area contributed by atoms with Gasteiger partial charge in [0.2, 0.25) is 0 Å². The molecule has 0 aliphatic heterocycles. The number of nitrogens with one attached hydrogen (secondary N) is 1. The van der Waals surface area contributed by atoms with Gasteiger partial charge < -0.3 is 14.5 Å². The zero-order chi connectivity index (χ0) is 18.7. The van der Waals surface area contributed by atoms with Crippen LogP contribution in [-0.2, 0) is 0 Å². The Hall–Kier alpha value is -3.61. The van der Waals surface area contributed by atoms with Crippen LogP contribution < -0.4 is 15.0 Å². The highest BCUT2D eigenvalue weighted by atomic mass is 16.6. The normalized spacial score (nSPS) is 10.4. The van der Waals surface area contributed by atoms with E-state index >= 15 is 0 Å². The Bertz CT molecular complexity index is 1010. The summed E-state index contributed by atoms with van der Waals surface area (Å²) in [5.41, 5.74) is 2.14. The van der Waals surface area contributed by atoms with Gasteiger partial charge in [-0.1, -0.05) is 6.07 Å². The molecule has 0 saturated carbocycles. The first-order valence-electron chi connectivity index (χ1n) is 7.74. The third kappa shape index (κ3) is 3.14. The second-order valence-corrected chi connectivity index (χ2v) is 5.47. The van der Waals surface area contributed by atoms with Gasteiger partial charge in [-0.15, -0.1) is 0 Å². The highest BCUT2D eigenvalue weighted by molar-refractivity contribution is 5.83. The molecule has 0 amide bonds. The Morgan fingerprint density at radius 2 is 1.58 bits per heavy atom. The first-order chi connectivity index (χ1) is 12.5. The average Bonchev–Trinajstić information content (AvgIpc) is 2.67. The smallest absolute Gasteiger partial charge is 0.269 e. The Labute approximate surface area is 149 Å². The maximum atomic E-state index is 12.5. The van der Waals surface area contributed by atoms with Crippen LogP contribution in [0.2, 0.25) is 0 Å². The predicted octanol–water partition coefficient (Wildman–Crippen LogP) is 3.63. The number of nitro groups is 1. The Morgan fingerprint density at radius 1 is 0.923 bits per heavy atom. The van der Waals surface area contributed by atoms with E-state index in [2.05, 4.69) is 4.98 Å². The fourth-order valence-corrected chi connectivity index (χ4v) is 2.76. The predicted molar refractivity (Wildman–Crippen MR) is 97.7 cm³/mol. The minimum Gasteiger partial charge on any atom is -0.493 e. The number of aromatic nitrogens is 1. The molecule has 0 aliphatic carbocycles. The third-order valence-corrected chi connectivity index (χ3v) is 4.02. The molecular weight excluding hydrogens is 336 g/mol. The number of aromatic amines is 1. The van der Waals surface area contributed by atoms with E-state index in [0.29, 0.717) is 28.2 Å². The van der Waals surface area contributed by atoms with Crippen molar-refractivity contribution in [3.8, 4) is 33.8 Å². The van der Waals surface area contributed by atoms with Crippen molar-refractivity contribution in [2.45, 2.75) is 0 Å². The summed E-state index contributed by atoms with van der Waals surface area (Å²) < 4.78 is 10.6. The summed E-state index contributed by atoms with van der Waals surface area (Å²) in [6, 6.07) is 13.0. The van der Waals surface area contributed by atoms with Crippen LogP contribution >= 0.6 is 0 Å². The molecule has 0 bridgehead atoms. The van der Waals surface area contributed by atoms with Crippen LogP contribution in [0.25, 0.3) is 22.3 Å². The van der Waals surface area contributed by atoms with Crippen LogP contribution in [-0.4, -0.2) is 24.1 Å². The highest BCUT2D eigenvalue weighted by Crippen LogP contribution is 2.35. The average molecular weight is 352 g/mol. The molecule has 132 valence electrons. The molecule has 0 aliphatic rings. The van der Waals surface area contributed by atoms with E-state index in [1.54, 1.807) is 43.6 Å². The number of rotatable bonds is 5. The number of ether oxygens (including phenoxy) is 2. The molecule has 3 rings (SSSR count). The van der Waals surface area contributed by atoms with Crippen molar-refractivity contribution in [1.82, 2.24) is 4.98 Å². The topological polar surface area (TPSA) is 94.5 Å². The van der Waals surface area contributed by atoms with Crippen LogP contribution in [0.1, 0.15) is 0 Å². The van der Waals surface area contributed by atoms with E-state index in [4.69, 9.17) is 9.47 Å². The standard InChI is InChI=1S/C19H16N2O5/c1-25-16-8-5-13(11-17(16)26-2)15-9-10-20-19(22)18(15)12-3-6-14(7-4-12)21(23)24/h3-11H,1-2H3,(H,20,22). The van der Waals surface area contributed by atoms with Crippen LogP contribution in [0.4, 0.5) is 5.69 Å². The molecule has 2 aromatic carbocycles. The fraction of sp³-hybridized carbons (Fsp3) is 0.105.